The molecular formula is C16H33N. The van der Waals surface area contributed by atoms with Gasteiger partial charge in [-0.05, 0) is 30.6 Å². The van der Waals surface area contributed by atoms with Gasteiger partial charge in [0.05, 0.1) is 0 Å². The molecule has 1 nitrogen and oxygen atoms in total. The van der Waals surface area contributed by atoms with Crippen molar-refractivity contribution in [1.82, 2.24) is 0 Å². The lowest BCUT2D eigenvalue weighted by Gasteiger charge is -2.45. The third-order valence-corrected chi connectivity index (χ3v) is 5.27. The van der Waals surface area contributed by atoms with Crippen LogP contribution in [0.1, 0.15) is 79.1 Å². The summed E-state index contributed by atoms with van der Waals surface area (Å²) in [4.78, 5) is 0. The van der Waals surface area contributed by atoms with Crippen LogP contribution < -0.4 is 5.73 Å². The van der Waals surface area contributed by atoms with Crippen LogP contribution in [0.15, 0.2) is 0 Å². The lowest BCUT2D eigenvalue weighted by molar-refractivity contribution is 0.112. The number of nitrogens with two attached hydrogens (primary N) is 1. The summed E-state index contributed by atoms with van der Waals surface area (Å²) in [5.41, 5.74) is 6.87. The van der Waals surface area contributed by atoms with E-state index < -0.39 is 0 Å². The SMILES string of the molecule is CCCCC(CC)CC1(N)CCCC(C)C1C. The molecule has 1 rings (SSSR count). The molecule has 0 heterocycles. The molecule has 0 saturated heterocycles. The highest BCUT2D eigenvalue weighted by molar-refractivity contribution is 4.96. The predicted octanol–water partition coefficient (Wildman–Crippen LogP) is 4.75. The molecule has 0 radical (unpaired) electrons. The van der Waals surface area contributed by atoms with Crippen molar-refractivity contribution < 1.29 is 0 Å². The third kappa shape index (κ3) is 3.98. The zero-order valence-electron chi connectivity index (χ0n) is 12.5. The second-order valence-electron chi connectivity index (χ2n) is 6.51. The Morgan fingerprint density at radius 3 is 2.59 bits per heavy atom. The lowest BCUT2D eigenvalue weighted by atomic mass is 9.65. The summed E-state index contributed by atoms with van der Waals surface area (Å²) in [6, 6.07) is 0. The van der Waals surface area contributed by atoms with Crippen LogP contribution in [-0.4, -0.2) is 5.54 Å². The number of hydrogen-bond donors (Lipinski definition) is 1. The highest BCUT2D eigenvalue weighted by atomic mass is 14.8. The average molecular weight is 239 g/mol. The van der Waals surface area contributed by atoms with Gasteiger partial charge in [-0.2, -0.15) is 0 Å². The van der Waals surface area contributed by atoms with Crippen LogP contribution in [0.4, 0.5) is 0 Å². The van der Waals surface area contributed by atoms with Gasteiger partial charge in [-0.3, -0.25) is 0 Å². The van der Waals surface area contributed by atoms with Gasteiger partial charge < -0.3 is 5.73 Å². The molecule has 0 aromatic heterocycles. The quantitative estimate of drug-likeness (QED) is 0.711. The molecular weight excluding hydrogens is 206 g/mol. The summed E-state index contributed by atoms with van der Waals surface area (Å²) in [5.74, 6) is 2.37. The summed E-state index contributed by atoms with van der Waals surface area (Å²) >= 11 is 0. The van der Waals surface area contributed by atoms with Crippen LogP contribution in [0.2, 0.25) is 0 Å². The van der Waals surface area contributed by atoms with Crippen LogP contribution in [0.3, 0.4) is 0 Å². The van der Waals surface area contributed by atoms with Crippen molar-refractivity contribution in [2.24, 2.45) is 23.5 Å². The van der Waals surface area contributed by atoms with Crippen molar-refractivity contribution in [3.8, 4) is 0 Å². The van der Waals surface area contributed by atoms with Gasteiger partial charge in [0.2, 0.25) is 0 Å². The maximum absolute atomic E-state index is 6.74. The molecule has 17 heavy (non-hydrogen) atoms. The predicted molar refractivity (Wildman–Crippen MR) is 77.0 cm³/mol. The van der Waals surface area contributed by atoms with Crippen LogP contribution in [0, 0.1) is 17.8 Å². The Balaban J connectivity index is 2.56. The van der Waals surface area contributed by atoms with Gasteiger partial charge in [-0.25, -0.2) is 0 Å². The molecule has 0 aliphatic heterocycles. The Hall–Kier alpha value is -0.0400. The molecule has 0 spiro atoms. The van der Waals surface area contributed by atoms with Gasteiger partial charge in [-0.15, -0.1) is 0 Å². The van der Waals surface area contributed by atoms with E-state index in [9.17, 15) is 0 Å². The van der Waals surface area contributed by atoms with Crippen molar-refractivity contribution in [3.63, 3.8) is 0 Å². The Morgan fingerprint density at radius 2 is 2.00 bits per heavy atom. The van der Waals surface area contributed by atoms with Crippen molar-refractivity contribution in [2.75, 3.05) is 0 Å². The van der Waals surface area contributed by atoms with E-state index in [-0.39, 0.29) is 5.54 Å². The fourth-order valence-electron chi connectivity index (χ4n) is 3.57. The highest BCUT2D eigenvalue weighted by Gasteiger charge is 2.39. The zero-order valence-corrected chi connectivity index (χ0v) is 12.5. The second-order valence-corrected chi connectivity index (χ2v) is 6.51. The Bertz CT molecular complexity index is 214. The zero-order chi connectivity index (χ0) is 12.9. The van der Waals surface area contributed by atoms with E-state index in [0.29, 0.717) is 5.92 Å². The van der Waals surface area contributed by atoms with Crippen molar-refractivity contribution in [2.45, 2.75) is 84.6 Å². The summed E-state index contributed by atoms with van der Waals surface area (Å²) < 4.78 is 0. The van der Waals surface area contributed by atoms with Gasteiger partial charge in [-0.1, -0.05) is 66.2 Å². The Kier molecular flexibility index (Phi) is 5.99. The van der Waals surface area contributed by atoms with E-state index >= 15 is 0 Å². The summed E-state index contributed by atoms with van der Waals surface area (Å²) in [5, 5.41) is 0. The molecule has 1 aliphatic carbocycles. The topological polar surface area (TPSA) is 26.0 Å². The van der Waals surface area contributed by atoms with Gasteiger partial charge in [0.25, 0.3) is 0 Å². The standard InChI is InChI=1S/C16H33N/c1-5-7-10-15(6-2)12-16(17)11-8-9-13(3)14(16)4/h13-15H,5-12,17H2,1-4H3. The van der Waals surface area contributed by atoms with E-state index in [1.165, 1.54) is 51.4 Å². The smallest absolute Gasteiger partial charge is 0.0185 e. The largest absolute Gasteiger partial charge is 0.325 e. The maximum atomic E-state index is 6.74. The van der Waals surface area contributed by atoms with Crippen molar-refractivity contribution in [3.05, 3.63) is 0 Å². The van der Waals surface area contributed by atoms with Gasteiger partial charge >= 0.3 is 0 Å². The molecule has 0 aromatic carbocycles. The van der Waals surface area contributed by atoms with E-state index in [2.05, 4.69) is 27.7 Å². The van der Waals surface area contributed by atoms with Crippen LogP contribution in [-0.2, 0) is 0 Å². The maximum Gasteiger partial charge on any atom is 0.0185 e. The summed E-state index contributed by atoms with van der Waals surface area (Å²) in [7, 11) is 0. The van der Waals surface area contributed by atoms with Crippen molar-refractivity contribution >= 4 is 0 Å². The number of hydrogen-bond acceptors (Lipinski definition) is 1. The summed E-state index contributed by atoms with van der Waals surface area (Å²) in [6.45, 7) is 9.39. The molecule has 1 aliphatic rings. The molecule has 102 valence electrons. The van der Waals surface area contributed by atoms with E-state index in [1.54, 1.807) is 0 Å². The normalized spacial score (nSPS) is 35.8. The van der Waals surface area contributed by atoms with Gasteiger partial charge in [0, 0.05) is 5.54 Å². The first-order chi connectivity index (χ1) is 8.03. The van der Waals surface area contributed by atoms with E-state index in [4.69, 9.17) is 5.73 Å². The Morgan fingerprint density at radius 1 is 1.29 bits per heavy atom. The minimum absolute atomic E-state index is 0.131. The average Bonchev–Trinajstić information content (AvgIpc) is 2.31. The van der Waals surface area contributed by atoms with Gasteiger partial charge in [0.15, 0.2) is 0 Å². The first-order valence-corrected chi connectivity index (χ1v) is 7.82. The monoisotopic (exact) mass is 239 g/mol. The van der Waals surface area contributed by atoms with Crippen molar-refractivity contribution in [1.29, 1.82) is 0 Å². The number of unbranched alkanes of at least 4 members (excludes halogenated alkanes) is 1. The number of rotatable bonds is 6. The first-order valence-electron chi connectivity index (χ1n) is 7.82. The highest BCUT2D eigenvalue weighted by Crippen LogP contribution is 2.40. The molecule has 0 amide bonds. The Labute approximate surface area is 109 Å². The molecule has 0 aromatic rings. The van der Waals surface area contributed by atoms with Crippen LogP contribution in [0.25, 0.3) is 0 Å². The summed E-state index contributed by atoms with van der Waals surface area (Å²) in [6.07, 6.45) is 10.6. The molecule has 1 saturated carbocycles. The van der Waals surface area contributed by atoms with E-state index in [0.717, 1.165) is 11.8 Å². The third-order valence-electron chi connectivity index (χ3n) is 5.27. The minimum atomic E-state index is 0.131. The molecule has 2 N–H and O–H groups in total. The first kappa shape index (κ1) is 15.0. The molecule has 1 fully saturated rings. The van der Waals surface area contributed by atoms with Crippen LogP contribution >= 0.6 is 0 Å². The fourth-order valence-corrected chi connectivity index (χ4v) is 3.57. The minimum Gasteiger partial charge on any atom is -0.325 e. The second kappa shape index (κ2) is 6.78. The fraction of sp³-hybridized carbons (Fsp3) is 1.00. The van der Waals surface area contributed by atoms with Crippen LogP contribution in [0.5, 0.6) is 0 Å². The lowest BCUT2D eigenvalue weighted by Crippen LogP contribution is -2.52. The molecule has 1 heteroatoms. The van der Waals surface area contributed by atoms with E-state index in [1.807, 2.05) is 0 Å². The van der Waals surface area contributed by atoms with Gasteiger partial charge in [0.1, 0.15) is 0 Å². The molecule has 4 unspecified atom stereocenters. The molecule has 4 atom stereocenters. The molecule has 0 bridgehead atoms.